The van der Waals surface area contributed by atoms with Gasteiger partial charge >= 0.3 is 12.4 Å². The van der Waals surface area contributed by atoms with Crippen LogP contribution in [-0.2, 0) is 24.0 Å². The van der Waals surface area contributed by atoms with Gasteiger partial charge in [-0.2, -0.15) is 8.78 Å². The molecule has 0 bridgehead atoms. The summed E-state index contributed by atoms with van der Waals surface area (Å²) in [5.74, 6) is -4.06. The molecule has 0 saturated carbocycles. The molecule has 0 aliphatic carbocycles. The van der Waals surface area contributed by atoms with E-state index in [1.807, 2.05) is 13.8 Å². The van der Waals surface area contributed by atoms with Crippen molar-refractivity contribution in [2.75, 3.05) is 19.6 Å². The van der Waals surface area contributed by atoms with Crippen molar-refractivity contribution in [2.45, 2.75) is 89.2 Å². The quantitative estimate of drug-likeness (QED) is 0.237. The second kappa shape index (κ2) is 13.0. The van der Waals surface area contributed by atoms with Gasteiger partial charge in [-0.05, 0) is 38.0 Å². The maximum Gasteiger partial charge on any atom is 0.353 e. The fourth-order valence-electron chi connectivity index (χ4n) is 6.73. The third kappa shape index (κ3) is 6.49. The average Bonchev–Trinajstić information content (AvgIpc) is 3.61. The largest absolute Gasteiger partial charge is 0.477 e. The SMILES string of the molecule is CC(C)C[C@@H](N)C(=O)C[C@H]1CCN(C(=O)[C@@H]2C[C@H](SC3=C(C(=O)O)N4C(=O)[C@H]([C@@H](C)NC(=O)C(F)F)[C@H]4[C@H]3C)CN2)C1. The van der Waals surface area contributed by atoms with Gasteiger partial charge in [0, 0.05) is 48.2 Å². The molecule has 234 valence electrons. The van der Waals surface area contributed by atoms with E-state index in [1.54, 1.807) is 11.8 Å². The lowest BCUT2D eigenvalue weighted by atomic mass is 9.78. The summed E-state index contributed by atoms with van der Waals surface area (Å²) in [6.07, 6.45) is -1.01. The number of ketones is 1. The van der Waals surface area contributed by atoms with Crippen LogP contribution in [0.1, 0.15) is 53.4 Å². The van der Waals surface area contributed by atoms with Crippen molar-refractivity contribution in [1.82, 2.24) is 20.4 Å². The van der Waals surface area contributed by atoms with E-state index < -0.39 is 54.3 Å². The number of alkyl halides is 2. The van der Waals surface area contributed by atoms with Crippen molar-refractivity contribution in [2.24, 2.45) is 29.4 Å². The standard InChI is InChI=1S/C28H41F2N5O6S/c1-12(2)7-17(31)19(36)8-15-5-6-34(11-15)26(38)18-9-16(10-32-18)42-23-13(3)21-20(14(4)33-25(37)24(29)30)27(39)35(21)22(23)28(40)41/h12-18,20-21,24,32H,5-11,31H2,1-4H3,(H,33,37)(H,40,41)/t13-,14-,15-,16+,17-,18+,20-,21-/m1/s1. The Morgan fingerprint density at radius 3 is 2.52 bits per heavy atom. The monoisotopic (exact) mass is 613 g/mol. The number of β-lactam (4-membered cyclic amide) rings is 1. The molecule has 5 N–H and O–H groups in total. The fraction of sp³-hybridized carbons (Fsp3) is 0.750. The molecule has 4 rings (SSSR count). The van der Waals surface area contributed by atoms with Crippen LogP contribution in [0, 0.1) is 23.7 Å². The first kappa shape index (κ1) is 32.3. The number of amides is 3. The third-order valence-corrected chi connectivity index (χ3v) is 10.3. The average molecular weight is 614 g/mol. The number of fused-ring (bicyclic) bond motifs is 1. The Morgan fingerprint density at radius 1 is 1.21 bits per heavy atom. The number of rotatable bonds is 12. The molecule has 0 unspecified atom stereocenters. The summed E-state index contributed by atoms with van der Waals surface area (Å²) in [6, 6.07) is -2.38. The predicted molar refractivity (Wildman–Crippen MR) is 151 cm³/mol. The van der Waals surface area contributed by atoms with Gasteiger partial charge in [0.05, 0.1) is 24.0 Å². The summed E-state index contributed by atoms with van der Waals surface area (Å²) in [7, 11) is 0. The molecule has 0 aromatic heterocycles. The Balaban J connectivity index is 1.34. The summed E-state index contributed by atoms with van der Waals surface area (Å²) in [6.45, 7) is 8.84. The number of carbonyl (C=O) groups excluding carboxylic acids is 4. The Kier molecular flexibility index (Phi) is 9.98. The number of carboxylic acids is 1. The molecule has 8 atom stereocenters. The zero-order valence-electron chi connectivity index (χ0n) is 24.3. The summed E-state index contributed by atoms with van der Waals surface area (Å²) in [4.78, 5) is 65.9. The molecule has 3 fully saturated rings. The molecular formula is C28H41F2N5O6S. The second-order valence-corrected chi connectivity index (χ2v) is 13.8. The molecule has 0 aromatic rings. The minimum atomic E-state index is -3.22. The molecule has 4 heterocycles. The Morgan fingerprint density at radius 2 is 1.90 bits per heavy atom. The number of nitrogens with one attached hydrogen (secondary N) is 2. The molecule has 0 aromatic carbocycles. The van der Waals surface area contributed by atoms with Crippen molar-refractivity contribution < 1.29 is 37.9 Å². The molecule has 11 nitrogen and oxygen atoms in total. The van der Waals surface area contributed by atoms with E-state index in [4.69, 9.17) is 5.73 Å². The normalized spacial score (nSPS) is 30.5. The van der Waals surface area contributed by atoms with Crippen LogP contribution in [0.2, 0.25) is 0 Å². The summed E-state index contributed by atoms with van der Waals surface area (Å²) >= 11 is 1.33. The van der Waals surface area contributed by atoms with Crippen molar-refractivity contribution in [1.29, 1.82) is 0 Å². The first-order chi connectivity index (χ1) is 19.7. The molecule has 4 aliphatic heterocycles. The molecule has 3 amide bonds. The van der Waals surface area contributed by atoms with Gasteiger partial charge in [0.2, 0.25) is 11.8 Å². The van der Waals surface area contributed by atoms with E-state index in [1.165, 1.54) is 23.6 Å². The van der Waals surface area contributed by atoms with Crippen LogP contribution in [0.3, 0.4) is 0 Å². The number of nitrogens with two attached hydrogens (primary N) is 1. The van der Waals surface area contributed by atoms with Crippen LogP contribution in [-0.4, -0.2) is 99.9 Å². The number of Topliss-reactive ketones (excluding diaryl/α,β-unsaturated/α-hetero) is 1. The first-order valence-corrected chi connectivity index (χ1v) is 15.4. The Bertz CT molecular complexity index is 1150. The molecule has 14 heteroatoms. The maximum absolute atomic E-state index is 13.3. The predicted octanol–water partition coefficient (Wildman–Crippen LogP) is 1.17. The Hall–Kier alpha value is -2.58. The van der Waals surface area contributed by atoms with E-state index in [0.717, 1.165) is 6.42 Å². The first-order valence-electron chi connectivity index (χ1n) is 14.6. The summed E-state index contributed by atoms with van der Waals surface area (Å²) in [5.41, 5.74) is 5.92. The van der Waals surface area contributed by atoms with Crippen LogP contribution in [0.5, 0.6) is 0 Å². The number of hydrogen-bond acceptors (Lipinski definition) is 8. The minimum absolute atomic E-state index is 0.0304. The highest BCUT2D eigenvalue weighted by Crippen LogP contribution is 2.52. The zero-order chi connectivity index (χ0) is 31.0. The molecule has 42 heavy (non-hydrogen) atoms. The number of carbonyl (C=O) groups is 5. The highest BCUT2D eigenvalue weighted by atomic mass is 32.2. The van der Waals surface area contributed by atoms with Gasteiger partial charge < -0.3 is 31.3 Å². The zero-order valence-corrected chi connectivity index (χ0v) is 25.2. The smallest absolute Gasteiger partial charge is 0.353 e. The second-order valence-electron chi connectivity index (χ2n) is 12.4. The number of likely N-dealkylation sites (tertiary alicyclic amines) is 1. The van der Waals surface area contributed by atoms with E-state index in [-0.39, 0.29) is 34.5 Å². The number of carboxylic acid groups (broad SMARTS) is 1. The molecule has 3 saturated heterocycles. The minimum Gasteiger partial charge on any atom is -0.477 e. The lowest BCUT2D eigenvalue weighted by Crippen LogP contribution is -2.66. The van der Waals surface area contributed by atoms with Gasteiger partial charge in [-0.1, -0.05) is 20.8 Å². The van der Waals surface area contributed by atoms with Crippen molar-refractivity contribution in [3.63, 3.8) is 0 Å². The number of nitrogens with zero attached hydrogens (tertiary/aromatic N) is 2. The van der Waals surface area contributed by atoms with Crippen molar-refractivity contribution in [3.8, 4) is 0 Å². The third-order valence-electron chi connectivity index (χ3n) is 8.81. The van der Waals surface area contributed by atoms with E-state index in [9.17, 15) is 37.9 Å². The Labute approximate surface area is 248 Å². The summed E-state index contributed by atoms with van der Waals surface area (Å²) in [5, 5.41) is 15.3. The van der Waals surface area contributed by atoms with Gasteiger partial charge in [-0.25, -0.2) is 4.79 Å². The van der Waals surface area contributed by atoms with E-state index >= 15 is 0 Å². The van der Waals surface area contributed by atoms with Crippen LogP contribution in [0.15, 0.2) is 10.6 Å². The van der Waals surface area contributed by atoms with Crippen molar-refractivity contribution >= 4 is 41.2 Å². The highest BCUT2D eigenvalue weighted by Gasteiger charge is 2.60. The lowest BCUT2D eigenvalue weighted by molar-refractivity contribution is -0.159. The highest BCUT2D eigenvalue weighted by molar-refractivity contribution is 8.03. The molecule has 0 radical (unpaired) electrons. The molecule has 4 aliphatic rings. The van der Waals surface area contributed by atoms with Crippen LogP contribution in [0.25, 0.3) is 0 Å². The van der Waals surface area contributed by atoms with Gasteiger partial charge in [-0.3, -0.25) is 19.2 Å². The van der Waals surface area contributed by atoms with Gasteiger partial charge in [0.25, 0.3) is 5.91 Å². The lowest BCUT2D eigenvalue weighted by Gasteiger charge is -2.47. The van der Waals surface area contributed by atoms with Crippen LogP contribution in [0.4, 0.5) is 8.78 Å². The van der Waals surface area contributed by atoms with Crippen LogP contribution < -0.4 is 16.4 Å². The topological polar surface area (TPSA) is 162 Å². The van der Waals surface area contributed by atoms with Crippen molar-refractivity contribution in [3.05, 3.63) is 10.6 Å². The molecule has 0 spiro atoms. The molecular weight excluding hydrogens is 572 g/mol. The van der Waals surface area contributed by atoms with Gasteiger partial charge in [-0.15, -0.1) is 11.8 Å². The van der Waals surface area contributed by atoms with Gasteiger partial charge in [0.15, 0.2) is 0 Å². The summed E-state index contributed by atoms with van der Waals surface area (Å²) < 4.78 is 25.5. The maximum atomic E-state index is 13.3. The number of hydrogen-bond donors (Lipinski definition) is 4. The number of halogens is 2. The number of aliphatic carboxylic acids is 1. The van der Waals surface area contributed by atoms with E-state index in [0.29, 0.717) is 49.7 Å². The van der Waals surface area contributed by atoms with Crippen LogP contribution >= 0.6 is 11.8 Å². The fourth-order valence-corrected chi connectivity index (χ4v) is 8.21. The van der Waals surface area contributed by atoms with Gasteiger partial charge in [0.1, 0.15) is 11.5 Å². The number of thioether (sulfide) groups is 1. The van der Waals surface area contributed by atoms with E-state index in [2.05, 4.69) is 10.6 Å².